The van der Waals surface area contributed by atoms with Crippen LogP contribution >= 0.6 is 12.6 Å². The van der Waals surface area contributed by atoms with E-state index >= 15 is 0 Å². The van der Waals surface area contributed by atoms with Crippen LogP contribution in [0.4, 0.5) is 0 Å². The minimum Gasteiger partial charge on any atom is -0.480 e. The second-order valence-corrected chi connectivity index (χ2v) is 5.24. The zero-order valence-electron chi connectivity index (χ0n) is 11.8. The summed E-state index contributed by atoms with van der Waals surface area (Å²) in [5.74, 6) is -0.791. The van der Waals surface area contributed by atoms with Crippen molar-refractivity contribution in [1.29, 1.82) is 0 Å². The molecule has 0 spiro atoms. The molecular weight excluding hydrogens is 278 g/mol. The number of unbranched alkanes of at least 4 members (excludes halogenated alkanes) is 6. The molecule has 116 valence electrons. The minimum atomic E-state index is -1.01. The summed E-state index contributed by atoms with van der Waals surface area (Å²) in [5, 5.41) is 11.4. The lowest BCUT2D eigenvalue weighted by molar-refractivity contribution is -0.141. The highest BCUT2D eigenvalue weighted by molar-refractivity contribution is 7.80. The van der Waals surface area contributed by atoms with Gasteiger partial charge in [-0.05, 0) is 25.0 Å². The van der Waals surface area contributed by atoms with Crippen LogP contribution in [0, 0.1) is 0 Å². The first kappa shape index (κ1) is 19.0. The Bertz CT molecular complexity index is 297. The summed E-state index contributed by atoms with van der Waals surface area (Å²) in [5.41, 5.74) is 0. The molecule has 0 aromatic rings. The number of carbonyl (C=O) groups is 3. The van der Waals surface area contributed by atoms with Crippen LogP contribution in [0.1, 0.15) is 57.8 Å². The first-order chi connectivity index (χ1) is 9.61. The predicted octanol–water partition coefficient (Wildman–Crippen LogP) is 2.20. The van der Waals surface area contributed by atoms with Gasteiger partial charge in [-0.15, -0.1) is 0 Å². The molecule has 0 bridgehead atoms. The van der Waals surface area contributed by atoms with Crippen molar-refractivity contribution in [2.45, 2.75) is 63.8 Å². The summed E-state index contributed by atoms with van der Waals surface area (Å²) < 4.78 is 0. The molecule has 0 aliphatic carbocycles. The van der Waals surface area contributed by atoms with Gasteiger partial charge in [-0.2, -0.15) is 12.6 Å². The van der Waals surface area contributed by atoms with Crippen LogP contribution in [0.5, 0.6) is 0 Å². The zero-order chi connectivity index (χ0) is 15.2. The number of carboxylic acid groups (broad SMARTS) is 1. The van der Waals surface area contributed by atoms with E-state index in [-0.39, 0.29) is 5.91 Å². The molecule has 0 heterocycles. The largest absolute Gasteiger partial charge is 0.480 e. The third kappa shape index (κ3) is 10.8. The molecule has 0 aliphatic heterocycles. The number of aliphatic carboxylic acids is 1. The van der Waals surface area contributed by atoms with E-state index in [1.807, 2.05) is 0 Å². The lowest BCUT2D eigenvalue weighted by Gasteiger charge is -2.13. The van der Waals surface area contributed by atoms with Crippen LogP contribution in [-0.2, 0) is 14.4 Å². The number of rotatable bonds is 13. The van der Waals surface area contributed by atoms with Gasteiger partial charge in [0.25, 0.3) is 0 Å². The van der Waals surface area contributed by atoms with Crippen LogP contribution in [-0.4, -0.2) is 35.1 Å². The molecule has 0 fully saturated rings. The van der Waals surface area contributed by atoms with E-state index in [2.05, 4.69) is 17.9 Å². The van der Waals surface area contributed by atoms with Crippen LogP contribution in [0.15, 0.2) is 0 Å². The van der Waals surface area contributed by atoms with Crippen molar-refractivity contribution in [2.24, 2.45) is 0 Å². The SMILES string of the molecule is O=CCCCCCCCCC(=O)N[C@@H](CCS)C(=O)O. The summed E-state index contributed by atoms with van der Waals surface area (Å²) in [6.45, 7) is 0. The summed E-state index contributed by atoms with van der Waals surface area (Å²) >= 11 is 3.97. The molecular formula is C14H25NO4S. The van der Waals surface area contributed by atoms with Gasteiger partial charge >= 0.3 is 5.97 Å². The minimum absolute atomic E-state index is 0.208. The number of aldehydes is 1. The topological polar surface area (TPSA) is 83.5 Å². The van der Waals surface area contributed by atoms with E-state index in [0.29, 0.717) is 25.0 Å². The Labute approximate surface area is 125 Å². The number of nitrogens with one attached hydrogen (secondary N) is 1. The highest BCUT2D eigenvalue weighted by atomic mass is 32.1. The van der Waals surface area contributed by atoms with Crippen molar-refractivity contribution in [3.63, 3.8) is 0 Å². The molecule has 0 rings (SSSR count). The Kier molecular flexibility index (Phi) is 12.3. The Morgan fingerprint density at radius 1 is 1.10 bits per heavy atom. The molecule has 0 saturated heterocycles. The average molecular weight is 303 g/mol. The summed E-state index contributed by atoms with van der Waals surface area (Å²) in [4.78, 5) is 32.5. The third-order valence-corrected chi connectivity index (χ3v) is 3.29. The lowest BCUT2D eigenvalue weighted by Crippen LogP contribution is -2.40. The van der Waals surface area contributed by atoms with Crippen LogP contribution in [0.2, 0.25) is 0 Å². The molecule has 6 heteroatoms. The highest BCUT2D eigenvalue weighted by Crippen LogP contribution is 2.08. The maximum Gasteiger partial charge on any atom is 0.326 e. The third-order valence-electron chi connectivity index (χ3n) is 3.03. The Morgan fingerprint density at radius 2 is 1.70 bits per heavy atom. The van der Waals surface area contributed by atoms with Gasteiger partial charge < -0.3 is 15.2 Å². The van der Waals surface area contributed by atoms with Crippen molar-refractivity contribution in [1.82, 2.24) is 5.32 Å². The van der Waals surface area contributed by atoms with Gasteiger partial charge in [-0.1, -0.05) is 25.7 Å². The van der Waals surface area contributed by atoms with Crippen LogP contribution in [0.25, 0.3) is 0 Å². The van der Waals surface area contributed by atoms with E-state index in [0.717, 1.165) is 44.8 Å². The van der Waals surface area contributed by atoms with Gasteiger partial charge in [0, 0.05) is 12.8 Å². The quantitative estimate of drug-likeness (QED) is 0.277. The van der Waals surface area contributed by atoms with E-state index in [1.54, 1.807) is 0 Å². The number of carbonyl (C=O) groups excluding carboxylic acids is 2. The summed E-state index contributed by atoms with van der Waals surface area (Å²) in [7, 11) is 0. The molecule has 0 aromatic carbocycles. The normalized spacial score (nSPS) is 11.8. The number of carboxylic acids is 1. The zero-order valence-corrected chi connectivity index (χ0v) is 12.7. The smallest absolute Gasteiger partial charge is 0.326 e. The monoisotopic (exact) mass is 303 g/mol. The maximum absolute atomic E-state index is 11.6. The maximum atomic E-state index is 11.6. The molecule has 0 aromatic heterocycles. The van der Waals surface area contributed by atoms with E-state index in [4.69, 9.17) is 5.11 Å². The van der Waals surface area contributed by atoms with Crippen molar-refractivity contribution in [3.8, 4) is 0 Å². The van der Waals surface area contributed by atoms with Gasteiger partial charge in [0.2, 0.25) is 5.91 Å². The Balaban J connectivity index is 3.57. The standard InChI is InChI=1S/C14H25NO4S/c16-10-7-5-3-1-2-4-6-8-13(17)15-12(9-11-20)14(18)19/h10,12,20H,1-9,11H2,(H,15,17)(H,18,19)/t12-/m0/s1. The average Bonchev–Trinajstić information content (AvgIpc) is 2.41. The second kappa shape index (κ2) is 13.0. The number of thiol groups is 1. The molecule has 0 radical (unpaired) electrons. The fourth-order valence-corrected chi connectivity index (χ4v) is 2.13. The van der Waals surface area contributed by atoms with Crippen molar-refractivity contribution < 1.29 is 19.5 Å². The second-order valence-electron chi connectivity index (χ2n) is 4.80. The fourth-order valence-electron chi connectivity index (χ4n) is 1.87. The molecule has 1 atom stereocenters. The summed E-state index contributed by atoms with van der Waals surface area (Å²) in [6.07, 6.45) is 8.11. The van der Waals surface area contributed by atoms with Crippen LogP contribution in [0.3, 0.4) is 0 Å². The van der Waals surface area contributed by atoms with Gasteiger partial charge in [-0.25, -0.2) is 4.79 Å². The van der Waals surface area contributed by atoms with Gasteiger partial charge in [-0.3, -0.25) is 4.79 Å². The number of hydrogen-bond acceptors (Lipinski definition) is 4. The van der Waals surface area contributed by atoms with Gasteiger partial charge in [0.05, 0.1) is 0 Å². The van der Waals surface area contributed by atoms with Crippen molar-refractivity contribution in [3.05, 3.63) is 0 Å². The highest BCUT2D eigenvalue weighted by Gasteiger charge is 2.18. The molecule has 0 unspecified atom stereocenters. The fraction of sp³-hybridized carbons (Fsp3) is 0.786. The van der Waals surface area contributed by atoms with Crippen molar-refractivity contribution >= 4 is 30.8 Å². The van der Waals surface area contributed by atoms with E-state index in [9.17, 15) is 14.4 Å². The van der Waals surface area contributed by atoms with Crippen LogP contribution < -0.4 is 5.32 Å². The molecule has 5 nitrogen and oxygen atoms in total. The van der Waals surface area contributed by atoms with Gasteiger partial charge in [0.15, 0.2) is 0 Å². The molecule has 0 aliphatic rings. The molecule has 2 N–H and O–H groups in total. The molecule has 0 saturated carbocycles. The number of amides is 1. The lowest BCUT2D eigenvalue weighted by atomic mass is 10.1. The van der Waals surface area contributed by atoms with E-state index < -0.39 is 12.0 Å². The summed E-state index contributed by atoms with van der Waals surface area (Å²) in [6, 6.07) is -0.830. The molecule has 20 heavy (non-hydrogen) atoms. The van der Waals surface area contributed by atoms with E-state index in [1.165, 1.54) is 0 Å². The predicted molar refractivity (Wildman–Crippen MR) is 81.0 cm³/mol. The van der Waals surface area contributed by atoms with Crippen molar-refractivity contribution in [2.75, 3.05) is 5.75 Å². The number of hydrogen-bond donors (Lipinski definition) is 3. The first-order valence-corrected chi connectivity index (χ1v) is 7.81. The Morgan fingerprint density at radius 3 is 2.25 bits per heavy atom. The Hall–Kier alpha value is -1.04. The molecule has 1 amide bonds. The first-order valence-electron chi connectivity index (χ1n) is 7.18. The van der Waals surface area contributed by atoms with Gasteiger partial charge in [0.1, 0.15) is 12.3 Å².